The molecule has 18 heavy (non-hydrogen) atoms. The number of nitrogens with zero attached hydrogens (tertiary/aromatic N) is 2. The van der Waals surface area contributed by atoms with Crippen LogP contribution < -0.4 is 0 Å². The van der Waals surface area contributed by atoms with Crippen molar-refractivity contribution in [2.45, 2.75) is 23.1 Å². The van der Waals surface area contributed by atoms with Gasteiger partial charge in [-0.2, -0.15) is 4.31 Å². The van der Waals surface area contributed by atoms with Crippen LogP contribution in [0.1, 0.15) is 12.8 Å². The molecule has 1 saturated carbocycles. The fourth-order valence-electron chi connectivity index (χ4n) is 2.33. The summed E-state index contributed by atoms with van der Waals surface area (Å²) in [6.45, 7) is 2.96. The molecule has 2 heterocycles. The Morgan fingerprint density at radius 3 is 2.39 bits per heavy atom. The summed E-state index contributed by atoms with van der Waals surface area (Å²) in [4.78, 5) is 2.41. The smallest absolute Gasteiger partial charge is 0.253 e. The second-order valence-electron chi connectivity index (χ2n) is 4.73. The average molecular weight is 351 g/mol. The highest BCUT2D eigenvalue weighted by molar-refractivity contribution is 9.10. The lowest BCUT2D eigenvalue weighted by Gasteiger charge is -2.33. The summed E-state index contributed by atoms with van der Waals surface area (Å²) >= 11 is 4.59. The number of hydrogen-bond acceptors (Lipinski definition) is 4. The van der Waals surface area contributed by atoms with Crippen LogP contribution in [0.15, 0.2) is 20.1 Å². The van der Waals surface area contributed by atoms with E-state index in [4.69, 9.17) is 0 Å². The highest BCUT2D eigenvalue weighted by Gasteiger charge is 2.35. The normalized spacial score (nSPS) is 23.4. The monoisotopic (exact) mass is 350 g/mol. The number of thiophene rings is 1. The largest absolute Gasteiger partial charge is 0.298 e. The van der Waals surface area contributed by atoms with Gasteiger partial charge >= 0.3 is 0 Å². The molecule has 0 unspecified atom stereocenters. The van der Waals surface area contributed by atoms with Crippen LogP contribution in [0.3, 0.4) is 0 Å². The van der Waals surface area contributed by atoms with E-state index in [9.17, 15) is 8.42 Å². The van der Waals surface area contributed by atoms with Gasteiger partial charge in [-0.05, 0) is 40.2 Å². The lowest BCUT2D eigenvalue weighted by molar-refractivity contribution is 0.180. The molecule has 2 aliphatic rings. The number of rotatable bonds is 3. The van der Waals surface area contributed by atoms with Gasteiger partial charge in [-0.3, -0.25) is 4.90 Å². The highest BCUT2D eigenvalue weighted by Crippen LogP contribution is 2.32. The Hall–Kier alpha value is 0.0500. The molecule has 0 atom stereocenters. The van der Waals surface area contributed by atoms with Crippen LogP contribution in [0, 0.1) is 0 Å². The molecular weight excluding hydrogens is 336 g/mol. The minimum absolute atomic E-state index is 0.433. The Bertz CT molecular complexity index is 531. The number of piperazine rings is 1. The van der Waals surface area contributed by atoms with Gasteiger partial charge in [0.25, 0.3) is 10.0 Å². The van der Waals surface area contributed by atoms with E-state index in [-0.39, 0.29) is 0 Å². The van der Waals surface area contributed by atoms with Gasteiger partial charge in [0.1, 0.15) is 4.21 Å². The second-order valence-corrected chi connectivity index (χ2v) is 8.63. The third-order valence-corrected chi connectivity index (χ3v) is 8.04. The highest BCUT2D eigenvalue weighted by atomic mass is 79.9. The molecule has 0 amide bonds. The minimum atomic E-state index is -3.30. The topological polar surface area (TPSA) is 40.6 Å². The average Bonchev–Trinajstić information content (AvgIpc) is 3.11. The van der Waals surface area contributed by atoms with Crippen LogP contribution in [0.4, 0.5) is 0 Å². The van der Waals surface area contributed by atoms with Gasteiger partial charge in [0.05, 0.1) is 0 Å². The first-order valence-electron chi connectivity index (χ1n) is 6.06. The molecule has 0 bridgehead atoms. The minimum Gasteiger partial charge on any atom is -0.298 e. The van der Waals surface area contributed by atoms with Crippen molar-refractivity contribution in [1.29, 1.82) is 0 Å². The Morgan fingerprint density at radius 1 is 1.22 bits per heavy atom. The Labute approximate surface area is 120 Å². The van der Waals surface area contributed by atoms with E-state index in [0.717, 1.165) is 19.1 Å². The zero-order valence-corrected chi connectivity index (χ0v) is 13.1. The molecule has 1 saturated heterocycles. The van der Waals surface area contributed by atoms with Crippen LogP contribution >= 0.6 is 27.3 Å². The summed E-state index contributed by atoms with van der Waals surface area (Å²) in [6.07, 6.45) is 2.56. The molecule has 1 aromatic heterocycles. The first-order valence-corrected chi connectivity index (χ1v) is 9.17. The molecular formula is C11H15BrN2O2S2. The van der Waals surface area contributed by atoms with Gasteiger partial charge in [0, 0.05) is 36.7 Å². The van der Waals surface area contributed by atoms with E-state index in [1.807, 2.05) is 0 Å². The zero-order valence-electron chi connectivity index (χ0n) is 9.88. The molecule has 100 valence electrons. The van der Waals surface area contributed by atoms with Crippen molar-refractivity contribution >= 4 is 37.3 Å². The van der Waals surface area contributed by atoms with E-state index in [1.54, 1.807) is 15.8 Å². The van der Waals surface area contributed by atoms with Crippen LogP contribution in [-0.2, 0) is 10.0 Å². The van der Waals surface area contributed by atoms with Crippen molar-refractivity contribution in [1.82, 2.24) is 9.21 Å². The van der Waals surface area contributed by atoms with Gasteiger partial charge in [-0.25, -0.2) is 8.42 Å². The fourth-order valence-corrected chi connectivity index (χ4v) is 6.20. The van der Waals surface area contributed by atoms with E-state index >= 15 is 0 Å². The molecule has 0 spiro atoms. The summed E-state index contributed by atoms with van der Waals surface area (Å²) in [7, 11) is -3.30. The number of sulfonamides is 1. The van der Waals surface area contributed by atoms with Crippen molar-refractivity contribution in [2.24, 2.45) is 0 Å². The maximum absolute atomic E-state index is 12.4. The molecule has 1 aliphatic carbocycles. The molecule has 4 nitrogen and oxygen atoms in total. The van der Waals surface area contributed by atoms with Crippen molar-refractivity contribution in [3.8, 4) is 0 Å². The van der Waals surface area contributed by atoms with Gasteiger partial charge in [-0.1, -0.05) is 0 Å². The third-order valence-electron chi connectivity index (χ3n) is 3.50. The molecule has 1 aromatic rings. The first-order chi connectivity index (χ1) is 8.59. The van der Waals surface area contributed by atoms with Crippen LogP contribution in [0.2, 0.25) is 0 Å². The molecule has 3 rings (SSSR count). The maximum Gasteiger partial charge on any atom is 0.253 e. The Kier molecular flexibility index (Phi) is 3.53. The summed E-state index contributed by atoms with van der Waals surface area (Å²) in [5.74, 6) is 0. The molecule has 0 aromatic carbocycles. The number of halogens is 1. The van der Waals surface area contributed by atoms with Crippen LogP contribution in [0.5, 0.6) is 0 Å². The molecule has 0 radical (unpaired) electrons. The van der Waals surface area contributed by atoms with Crippen molar-refractivity contribution in [2.75, 3.05) is 26.2 Å². The molecule has 2 fully saturated rings. The Morgan fingerprint density at radius 2 is 1.89 bits per heavy atom. The molecule has 7 heteroatoms. The second kappa shape index (κ2) is 4.86. The van der Waals surface area contributed by atoms with E-state index < -0.39 is 10.0 Å². The van der Waals surface area contributed by atoms with Gasteiger partial charge in [0.15, 0.2) is 0 Å². The van der Waals surface area contributed by atoms with Gasteiger partial charge in [-0.15, -0.1) is 11.3 Å². The summed E-state index contributed by atoms with van der Waals surface area (Å²) in [6, 6.07) is 2.51. The van der Waals surface area contributed by atoms with Crippen molar-refractivity contribution in [3.63, 3.8) is 0 Å². The lowest BCUT2D eigenvalue weighted by atomic mass is 10.3. The predicted octanol–water partition coefficient (Wildman–Crippen LogP) is 1.98. The molecule has 1 aliphatic heterocycles. The van der Waals surface area contributed by atoms with Crippen LogP contribution in [0.25, 0.3) is 0 Å². The lowest BCUT2D eigenvalue weighted by Crippen LogP contribution is -2.49. The fraction of sp³-hybridized carbons (Fsp3) is 0.636. The number of hydrogen-bond donors (Lipinski definition) is 0. The maximum atomic E-state index is 12.4. The molecule has 0 N–H and O–H groups in total. The summed E-state index contributed by atoms with van der Waals surface area (Å²) < 4.78 is 27.6. The Balaban J connectivity index is 1.73. The van der Waals surface area contributed by atoms with E-state index in [2.05, 4.69) is 20.8 Å². The quantitative estimate of drug-likeness (QED) is 0.836. The first kappa shape index (κ1) is 13.1. The van der Waals surface area contributed by atoms with Crippen molar-refractivity contribution in [3.05, 3.63) is 15.9 Å². The third kappa shape index (κ3) is 2.38. The van der Waals surface area contributed by atoms with Crippen LogP contribution in [-0.4, -0.2) is 49.8 Å². The van der Waals surface area contributed by atoms with E-state index in [1.165, 1.54) is 24.2 Å². The predicted molar refractivity (Wildman–Crippen MR) is 75.4 cm³/mol. The van der Waals surface area contributed by atoms with Gasteiger partial charge in [0.2, 0.25) is 0 Å². The summed E-state index contributed by atoms with van der Waals surface area (Å²) in [5.41, 5.74) is 0. The van der Waals surface area contributed by atoms with E-state index in [0.29, 0.717) is 21.8 Å². The summed E-state index contributed by atoms with van der Waals surface area (Å²) in [5, 5.41) is 1.80. The van der Waals surface area contributed by atoms with Gasteiger partial charge < -0.3 is 0 Å². The van der Waals surface area contributed by atoms with Crippen molar-refractivity contribution < 1.29 is 8.42 Å². The SMILES string of the molecule is O=S(=O)(c1sccc1Br)N1CCN(C2CC2)CC1. The standard InChI is InChI=1S/C11H15BrN2O2S2/c12-10-3-8-17-11(10)18(15,16)14-6-4-13(5-7-14)9-1-2-9/h3,8-9H,1-2,4-7H2. The zero-order chi connectivity index (χ0) is 12.8.